The Hall–Kier alpha value is -3.09. The third-order valence-electron chi connectivity index (χ3n) is 8.00. The van der Waals surface area contributed by atoms with Crippen LogP contribution in [0.25, 0.3) is 6.08 Å². The number of aromatic nitrogens is 1. The number of thiocarbonyl (C=S) groups is 1. The lowest BCUT2D eigenvalue weighted by Crippen LogP contribution is -2.48. The van der Waals surface area contributed by atoms with Crippen molar-refractivity contribution in [3.8, 4) is 6.07 Å². The van der Waals surface area contributed by atoms with Crippen LogP contribution in [0.4, 0.5) is 11.5 Å². The summed E-state index contributed by atoms with van der Waals surface area (Å²) < 4.78 is 2.26. The predicted octanol–water partition coefficient (Wildman–Crippen LogP) is 5.79. The van der Waals surface area contributed by atoms with Gasteiger partial charge in [0.2, 0.25) is 0 Å². The number of rotatable bonds is 10. The fourth-order valence-corrected chi connectivity index (χ4v) is 6.81. The molecule has 2 aromatic rings. The summed E-state index contributed by atoms with van der Waals surface area (Å²) in [7, 11) is 0. The quantitative estimate of drug-likeness (QED) is 0.261. The second kappa shape index (κ2) is 13.5. The van der Waals surface area contributed by atoms with E-state index in [1.807, 2.05) is 38.1 Å². The van der Waals surface area contributed by atoms with Crippen LogP contribution in [0.3, 0.4) is 0 Å². The molecule has 2 fully saturated rings. The minimum absolute atomic E-state index is 0.0862. The number of piperazine rings is 1. The van der Waals surface area contributed by atoms with Crippen molar-refractivity contribution in [1.29, 1.82) is 5.26 Å². The molecule has 0 aliphatic carbocycles. The molecule has 1 aromatic carbocycles. The number of hydrogen-bond acceptors (Lipinski definition) is 7. The molecule has 0 bridgehead atoms. The normalized spacial score (nSPS) is 17.6. The number of benzene rings is 1. The van der Waals surface area contributed by atoms with E-state index in [-0.39, 0.29) is 17.0 Å². The molecular weight excluding hydrogens is 539 g/mol. The molecule has 40 heavy (non-hydrogen) atoms. The molecule has 1 aromatic heterocycles. The number of pyridine rings is 1. The molecule has 2 aliphatic heterocycles. The molecule has 4 rings (SSSR count). The maximum absolute atomic E-state index is 13.6. The van der Waals surface area contributed by atoms with Crippen LogP contribution in [-0.2, 0) is 11.3 Å². The van der Waals surface area contributed by atoms with Gasteiger partial charge in [-0.15, -0.1) is 0 Å². The highest BCUT2D eigenvalue weighted by Crippen LogP contribution is 2.37. The second-order valence-electron chi connectivity index (χ2n) is 10.4. The Morgan fingerprint density at radius 2 is 1.75 bits per heavy atom. The summed E-state index contributed by atoms with van der Waals surface area (Å²) in [4.78, 5) is 33.9. The number of para-hydroxylation sites is 1. The summed E-state index contributed by atoms with van der Waals surface area (Å²) in [5, 5.41) is 9.89. The van der Waals surface area contributed by atoms with Crippen LogP contribution in [0.15, 0.2) is 40.0 Å². The first-order chi connectivity index (χ1) is 19.3. The van der Waals surface area contributed by atoms with Crippen LogP contribution in [0.5, 0.6) is 0 Å². The Kier molecular flexibility index (Phi) is 10.1. The average Bonchev–Trinajstić information content (AvgIpc) is 3.24. The van der Waals surface area contributed by atoms with Crippen LogP contribution >= 0.6 is 24.0 Å². The Morgan fingerprint density at radius 3 is 2.35 bits per heavy atom. The standard InChI is InChI=1S/C31H39N5O2S2/c1-5-8-12-23(6-2)21-36-30(38)27(40-31(36)39)19-25-22(4)26(20-32)29(37)35(7-3)28(25)34-17-15-33(16-18-34)24-13-10-9-11-14-24/h9-11,13-14,19,23H,5-8,12,15-18,21H2,1-4H3/b27-19-. The van der Waals surface area contributed by atoms with E-state index < -0.39 is 0 Å². The third kappa shape index (κ3) is 6.13. The minimum Gasteiger partial charge on any atom is -0.368 e. The van der Waals surface area contributed by atoms with Crippen LogP contribution < -0.4 is 15.4 Å². The van der Waals surface area contributed by atoms with E-state index in [0.717, 1.165) is 63.2 Å². The van der Waals surface area contributed by atoms with E-state index in [4.69, 9.17) is 12.2 Å². The van der Waals surface area contributed by atoms with Gasteiger partial charge in [-0.1, -0.05) is 75.3 Å². The fourth-order valence-electron chi connectivity index (χ4n) is 5.56. The number of nitrogens with zero attached hydrogens (tertiary/aromatic N) is 5. The zero-order chi connectivity index (χ0) is 28.8. The Morgan fingerprint density at radius 1 is 1.07 bits per heavy atom. The van der Waals surface area contributed by atoms with Crippen LogP contribution in [0.2, 0.25) is 0 Å². The topological polar surface area (TPSA) is 72.6 Å². The number of nitriles is 1. The number of amides is 1. The molecule has 2 aliphatic rings. The SMILES string of the molecule is CCCCC(CC)CN1C(=O)/C(=C/c2c(C)c(C#N)c(=O)n(CC)c2N2CCN(c3ccccc3)CC2)SC1=S. The van der Waals surface area contributed by atoms with Gasteiger partial charge in [-0.3, -0.25) is 19.1 Å². The molecule has 9 heteroatoms. The molecule has 0 spiro atoms. The summed E-state index contributed by atoms with van der Waals surface area (Å²) in [5.74, 6) is 1.10. The zero-order valence-corrected chi connectivity index (χ0v) is 25.6. The summed E-state index contributed by atoms with van der Waals surface area (Å²) >= 11 is 6.98. The summed E-state index contributed by atoms with van der Waals surface area (Å²) in [6, 6.07) is 12.5. The molecule has 0 radical (unpaired) electrons. The van der Waals surface area contributed by atoms with E-state index in [9.17, 15) is 14.9 Å². The highest BCUT2D eigenvalue weighted by Gasteiger charge is 2.34. The molecular formula is C31H39N5O2S2. The molecule has 3 heterocycles. The van der Waals surface area contributed by atoms with Gasteiger partial charge in [-0.05, 0) is 50.0 Å². The molecule has 1 atom stereocenters. The number of carbonyl (C=O) groups is 1. The third-order valence-corrected chi connectivity index (χ3v) is 9.37. The van der Waals surface area contributed by atoms with Crippen molar-refractivity contribution in [3.05, 3.63) is 62.3 Å². The largest absolute Gasteiger partial charge is 0.368 e. The highest BCUT2D eigenvalue weighted by atomic mass is 32.2. The van der Waals surface area contributed by atoms with Crippen molar-refractivity contribution in [2.45, 2.75) is 59.9 Å². The smallest absolute Gasteiger partial charge is 0.270 e. The monoisotopic (exact) mass is 577 g/mol. The van der Waals surface area contributed by atoms with Gasteiger partial charge in [-0.2, -0.15) is 5.26 Å². The number of thioether (sulfide) groups is 1. The number of carbonyl (C=O) groups excluding carboxylic acids is 1. The van der Waals surface area contributed by atoms with Gasteiger partial charge in [0.25, 0.3) is 11.5 Å². The summed E-state index contributed by atoms with van der Waals surface area (Å²) in [5.41, 5.74) is 2.39. The molecule has 2 saturated heterocycles. The van der Waals surface area contributed by atoms with E-state index in [0.29, 0.717) is 33.8 Å². The Labute approximate surface area is 247 Å². The maximum Gasteiger partial charge on any atom is 0.270 e. The van der Waals surface area contributed by atoms with Crippen molar-refractivity contribution in [1.82, 2.24) is 9.47 Å². The Bertz CT molecular complexity index is 1370. The van der Waals surface area contributed by atoms with Crippen molar-refractivity contribution >= 4 is 51.8 Å². The molecule has 7 nitrogen and oxygen atoms in total. The summed E-state index contributed by atoms with van der Waals surface area (Å²) in [6.45, 7) is 12.2. The van der Waals surface area contributed by atoms with Crippen molar-refractivity contribution in [2.75, 3.05) is 42.5 Å². The number of unbranched alkanes of at least 4 members (excludes halogenated alkanes) is 1. The van der Waals surface area contributed by atoms with E-state index in [1.54, 1.807) is 9.47 Å². The van der Waals surface area contributed by atoms with Gasteiger partial charge in [-0.25, -0.2) is 0 Å². The Balaban J connectivity index is 1.70. The first-order valence-corrected chi connectivity index (χ1v) is 15.5. The van der Waals surface area contributed by atoms with Crippen LogP contribution in [0, 0.1) is 24.2 Å². The predicted molar refractivity (Wildman–Crippen MR) is 170 cm³/mol. The minimum atomic E-state index is -0.283. The highest BCUT2D eigenvalue weighted by molar-refractivity contribution is 8.26. The van der Waals surface area contributed by atoms with Crippen molar-refractivity contribution in [3.63, 3.8) is 0 Å². The van der Waals surface area contributed by atoms with Gasteiger partial charge in [0.15, 0.2) is 0 Å². The van der Waals surface area contributed by atoms with Crippen LogP contribution in [0.1, 0.15) is 63.1 Å². The molecule has 0 saturated carbocycles. The fraction of sp³-hybridized carbons (Fsp3) is 0.484. The molecule has 0 N–H and O–H groups in total. The summed E-state index contributed by atoms with van der Waals surface area (Å²) in [6.07, 6.45) is 6.21. The second-order valence-corrected chi connectivity index (χ2v) is 12.1. The first-order valence-electron chi connectivity index (χ1n) is 14.3. The van der Waals surface area contributed by atoms with Crippen LogP contribution in [-0.4, -0.2) is 52.4 Å². The zero-order valence-electron chi connectivity index (χ0n) is 24.0. The van der Waals surface area contributed by atoms with Crippen molar-refractivity contribution < 1.29 is 4.79 Å². The average molecular weight is 578 g/mol. The lowest BCUT2D eigenvalue weighted by molar-refractivity contribution is -0.122. The first kappa shape index (κ1) is 29.9. The van der Waals surface area contributed by atoms with Gasteiger partial charge < -0.3 is 9.80 Å². The van der Waals surface area contributed by atoms with E-state index >= 15 is 0 Å². The molecule has 212 valence electrons. The maximum atomic E-state index is 13.6. The number of anilines is 2. The van der Waals surface area contributed by atoms with E-state index in [1.165, 1.54) is 17.4 Å². The number of hydrogen-bond donors (Lipinski definition) is 0. The molecule has 1 amide bonds. The van der Waals surface area contributed by atoms with Gasteiger partial charge in [0.1, 0.15) is 21.8 Å². The molecule has 1 unspecified atom stereocenters. The van der Waals surface area contributed by atoms with E-state index in [2.05, 4.69) is 41.8 Å². The lowest BCUT2D eigenvalue weighted by Gasteiger charge is -2.39. The lowest BCUT2D eigenvalue weighted by atomic mass is 9.99. The van der Waals surface area contributed by atoms with Gasteiger partial charge in [0, 0.05) is 50.5 Å². The van der Waals surface area contributed by atoms with Gasteiger partial charge in [0.05, 0.1) is 4.91 Å². The van der Waals surface area contributed by atoms with Crippen molar-refractivity contribution in [2.24, 2.45) is 5.92 Å². The van der Waals surface area contributed by atoms with Gasteiger partial charge >= 0.3 is 0 Å².